The Kier molecular flexibility index (Phi) is 7.09. The Bertz CT molecular complexity index is 847. The van der Waals surface area contributed by atoms with E-state index in [1.54, 1.807) is 19.1 Å². The predicted octanol–water partition coefficient (Wildman–Crippen LogP) is 5.00. The molecule has 0 heterocycles. The van der Waals surface area contributed by atoms with Gasteiger partial charge in [0.15, 0.2) is 18.1 Å². The van der Waals surface area contributed by atoms with E-state index in [1.165, 1.54) is 19.2 Å². The zero-order valence-electron chi connectivity index (χ0n) is 15.8. The summed E-state index contributed by atoms with van der Waals surface area (Å²) in [7, 11) is 1.50. The third kappa shape index (κ3) is 5.77. The lowest BCUT2D eigenvalue weighted by Gasteiger charge is -2.17. The molecule has 0 saturated carbocycles. The van der Waals surface area contributed by atoms with Crippen LogP contribution in [0.3, 0.4) is 0 Å². The zero-order valence-corrected chi connectivity index (χ0v) is 15.8. The van der Waals surface area contributed by atoms with Crippen LogP contribution in [-0.4, -0.2) is 19.6 Å². The van der Waals surface area contributed by atoms with E-state index in [1.807, 2.05) is 25.1 Å². The fraction of sp³-hybridized carbons (Fsp3) is 0.286. The first-order valence-corrected chi connectivity index (χ1v) is 8.64. The smallest absolute Gasteiger partial charge is 0.416 e. The second-order valence-corrected chi connectivity index (χ2v) is 6.11. The molecule has 1 atom stereocenters. The van der Waals surface area contributed by atoms with Crippen molar-refractivity contribution in [3.05, 3.63) is 65.2 Å². The average molecular weight is 393 g/mol. The third-order valence-corrected chi connectivity index (χ3v) is 4.00. The van der Waals surface area contributed by atoms with Crippen LogP contribution >= 0.6 is 0 Å². The van der Waals surface area contributed by atoms with Gasteiger partial charge in [-0.25, -0.2) is 0 Å². The standard InChI is InChI=1S/C21H22F3NO3/c1-4-6-15-9-10-18(19(11-15)27-3)28-13-20(26)25-14(2)16-7-5-8-17(12-16)21(22,23)24/h4-12,14H,13H2,1-3H3,(H,25,26)/b6-4+. The van der Waals surface area contributed by atoms with Crippen LogP contribution in [0.1, 0.15) is 36.6 Å². The lowest BCUT2D eigenvalue weighted by atomic mass is 10.0. The summed E-state index contributed by atoms with van der Waals surface area (Å²) in [6.07, 6.45) is -0.647. The van der Waals surface area contributed by atoms with Gasteiger partial charge in [0, 0.05) is 0 Å². The van der Waals surface area contributed by atoms with Crippen LogP contribution in [0.4, 0.5) is 13.2 Å². The van der Waals surface area contributed by atoms with E-state index in [0.29, 0.717) is 17.1 Å². The number of alkyl halides is 3. The molecule has 0 fully saturated rings. The molecule has 0 aliphatic carbocycles. The molecule has 1 unspecified atom stereocenters. The van der Waals surface area contributed by atoms with Gasteiger partial charge in [-0.2, -0.15) is 13.2 Å². The molecular formula is C21H22F3NO3. The van der Waals surface area contributed by atoms with Gasteiger partial charge >= 0.3 is 6.18 Å². The highest BCUT2D eigenvalue weighted by Gasteiger charge is 2.30. The van der Waals surface area contributed by atoms with E-state index in [4.69, 9.17) is 9.47 Å². The maximum atomic E-state index is 12.8. The highest BCUT2D eigenvalue weighted by Crippen LogP contribution is 2.31. The van der Waals surface area contributed by atoms with Gasteiger partial charge in [0.05, 0.1) is 18.7 Å². The Morgan fingerprint density at radius 1 is 1.18 bits per heavy atom. The topological polar surface area (TPSA) is 47.6 Å². The first kappa shape index (κ1) is 21.3. The van der Waals surface area contributed by atoms with Crippen LogP contribution in [0.5, 0.6) is 11.5 Å². The number of carbonyl (C=O) groups excluding carboxylic acids is 1. The van der Waals surface area contributed by atoms with Crippen LogP contribution < -0.4 is 14.8 Å². The maximum Gasteiger partial charge on any atom is 0.416 e. The number of benzene rings is 2. The highest BCUT2D eigenvalue weighted by atomic mass is 19.4. The fourth-order valence-corrected chi connectivity index (χ4v) is 2.59. The quantitative estimate of drug-likeness (QED) is 0.720. The monoisotopic (exact) mass is 393 g/mol. The summed E-state index contributed by atoms with van der Waals surface area (Å²) < 4.78 is 49.2. The SMILES string of the molecule is C/C=C/c1ccc(OCC(=O)NC(C)c2cccc(C(F)(F)F)c2)c(OC)c1. The summed E-state index contributed by atoms with van der Waals surface area (Å²) in [6.45, 7) is 3.22. The maximum absolute atomic E-state index is 12.8. The summed E-state index contributed by atoms with van der Waals surface area (Å²) in [6, 6.07) is 9.55. The third-order valence-electron chi connectivity index (χ3n) is 4.00. The predicted molar refractivity (Wildman–Crippen MR) is 101 cm³/mol. The second-order valence-electron chi connectivity index (χ2n) is 6.11. The molecule has 0 bridgehead atoms. The first-order chi connectivity index (χ1) is 13.2. The van der Waals surface area contributed by atoms with E-state index in [-0.39, 0.29) is 6.61 Å². The van der Waals surface area contributed by atoms with Crippen molar-refractivity contribution in [3.63, 3.8) is 0 Å². The molecule has 0 aliphatic heterocycles. The van der Waals surface area contributed by atoms with Crippen LogP contribution in [0, 0.1) is 0 Å². The minimum absolute atomic E-state index is 0.289. The van der Waals surface area contributed by atoms with Crippen LogP contribution in [-0.2, 0) is 11.0 Å². The number of hydrogen-bond acceptors (Lipinski definition) is 3. The number of nitrogens with one attached hydrogen (secondary N) is 1. The van der Waals surface area contributed by atoms with E-state index in [9.17, 15) is 18.0 Å². The van der Waals surface area contributed by atoms with Crippen molar-refractivity contribution in [3.8, 4) is 11.5 Å². The molecule has 2 rings (SSSR count). The average Bonchev–Trinajstić information content (AvgIpc) is 2.66. The largest absolute Gasteiger partial charge is 0.493 e. The number of methoxy groups -OCH3 is 1. The molecule has 0 aromatic heterocycles. The van der Waals surface area contributed by atoms with Gasteiger partial charge in [-0.05, 0) is 49.2 Å². The molecule has 2 aromatic carbocycles. The van der Waals surface area contributed by atoms with Gasteiger partial charge in [-0.15, -0.1) is 0 Å². The molecule has 7 heteroatoms. The van der Waals surface area contributed by atoms with Gasteiger partial charge in [0.25, 0.3) is 5.91 Å². The van der Waals surface area contributed by atoms with Crippen LogP contribution in [0.25, 0.3) is 6.08 Å². The van der Waals surface area contributed by atoms with E-state index >= 15 is 0 Å². The van der Waals surface area contributed by atoms with Gasteiger partial charge in [0.1, 0.15) is 0 Å². The number of ether oxygens (including phenoxy) is 2. The molecule has 1 amide bonds. The Labute approximate surface area is 162 Å². The van der Waals surface area contributed by atoms with Crippen molar-refractivity contribution in [1.29, 1.82) is 0 Å². The van der Waals surface area contributed by atoms with Crippen molar-refractivity contribution < 1.29 is 27.4 Å². The lowest BCUT2D eigenvalue weighted by molar-refractivity contribution is -0.137. The number of rotatable bonds is 7. The molecule has 2 aromatic rings. The number of amides is 1. The van der Waals surface area contributed by atoms with Crippen LogP contribution in [0.2, 0.25) is 0 Å². The molecule has 0 saturated heterocycles. The molecular weight excluding hydrogens is 371 g/mol. The molecule has 1 N–H and O–H groups in total. The van der Waals surface area contributed by atoms with Gasteiger partial charge < -0.3 is 14.8 Å². The molecule has 0 aliphatic rings. The van der Waals surface area contributed by atoms with Gasteiger partial charge in [-0.3, -0.25) is 4.79 Å². The molecule has 28 heavy (non-hydrogen) atoms. The van der Waals surface area contributed by atoms with Crippen molar-refractivity contribution in [2.75, 3.05) is 13.7 Å². The zero-order chi connectivity index (χ0) is 20.7. The second kappa shape index (κ2) is 9.30. The summed E-state index contributed by atoms with van der Waals surface area (Å²) in [5.41, 5.74) is 0.527. The molecule has 0 radical (unpaired) electrons. The first-order valence-electron chi connectivity index (χ1n) is 8.64. The summed E-state index contributed by atoms with van der Waals surface area (Å²) in [4.78, 5) is 12.1. The number of carbonyl (C=O) groups is 1. The summed E-state index contributed by atoms with van der Waals surface area (Å²) in [5.74, 6) is 0.427. The molecule has 4 nitrogen and oxygen atoms in total. The Hall–Kier alpha value is -2.96. The van der Waals surface area contributed by atoms with E-state index < -0.39 is 23.7 Å². The molecule has 0 spiro atoms. The summed E-state index contributed by atoms with van der Waals surface area (Å²) >= 11 is 0. The number of halogens is 3. The Morgan fingerprint density at radius 3 is 2.57 bits per heavy atom. The number of hydrogen-bond donors (Lipinski definition) is 1. The highest BCUT2D eigenvalue weighted by molar-refractivity contribution is 5.78. The Morgan fingerprint density at radius 2 is 1.93 bits per heavy atom. The minimum atomic E-state index is -4.43. The normalized spacial score (nSPS) is 12.6. The van der Waals surface area contributed by atoms with Crippen molar-refractivity contribution >= 4 is 12.0 Å². The van der Waals surface area contributed by atoms with E-state index in [2.05, 4.69) is 5.32 Å². The van der Waals surface area contributed by atoms with Gasteiger partial charge in [-0.1, -0.05) is 30.4 Å². The van der Waals surface area contributed by atoms with Crippen LogP contribution in [0.15, 0.2) is 48.5 Å². The minimum Gasteiger partial charge on any atom is -0.493 e. The molecule has 150 valence electrons. The van der Waals surface area contributed by atoms with Crippen molar-refractivity contribution in [1.82, 2.24) is 5.32 Å². The van der Waals surface area contributed by atoms with Crippen molar-refractivity contribution in [2.45, 2.75) is 26.1 Å². The Balaban J connectivity index is 1.99. The summed E-state index contributed by atoms with van der Waals surface area (Å²) in [5, 5.41) is 2.63. The van der Waals surface area contributed by atoms with E-state index in [0.717, 1.165) is 17.7 Å². The fourth-order valence-electron chi connectivity index (χ4n) is 2.59. The number of allylic oxidation sites excluding steroid dienone is 1. The lowest BCUT2D eigenvalue weighted by Crippen LogP contribution is -2.31. The van der Waals surface area contributed by atoms with Crippen molar-refractivity contribution in [2.24, 2.45) is 0 Å². The van der Waals surface area contributed by atoms with Gasteiger partial charge in [0.2, 0.25) is 0 Å².